The number of benzene rings is 1. The second kappa shape index (κ2) is 5.79. The van der Waals surface area contributed by atoms with E-state index in [0.717, 1.165) is 25.2 Å². The fourth-order valence-electron chi connectivity index (χ4n) is 3.01. The zero-order valence-corrected chi connectivity index (χ0v) is 12.9. The predicted molar refractivity (Wildman–Crippen MR) is 81.7 cm³/mol. The van der Waals surface area contributed by atoms with Crippen molar-refractivity contribution in [1.82, 2.24) is 19.7 Å². The lowest BCUT2D eigenvalue weighted by Crippen LogP contribution is -2.39. The highest BCUT2D eigenvalue weighted by atomic mass is 16.3. The number of hydrogen-bond donors (Lipinski definition) is 1. The zero-order chi connectivity index (χ0) is 15.7. The monoisotopic (exact) mass is 300 g/mol. The maximum Gasteiger partial charge on any atom is 0.253 e. The van der Waals surface area contributed by atoms with Gasteiger partial charge < -0.3 is 14.6 Å². The molecule has 1 atom stereocenters. The number of piperidine rings is 1. The Kier molecular flexibility index (Phi) is 3.83. The molecule has 0 aliphatic carbocycles. The number of aromatic nitrogens is 3. The molecule has 1 unspecified atom stereocenters. The lowest BCUT2D eigenvalue weighted by Gasteiger charge is -2.32. The van der Waals surface area contributed by atoms with Crippen LogP contribution in [0.1, 0.15) is 40.5 Å². The van der Waals surface area contributed by atoms with Crippen LogP contribution in [-0.2, 0) is 7.05 Å². The van der Waals surface area contributed by atoms with E-state index in [9.17, 15) is 9.90 Å². The fraction of sp³-hybridized carbons (Fsp3) is 0.438. The normalized spacial score (nSPS) is 18.5. The van der Waals surface area contributed by atoms with Crippen LogP contribution in [0.3, 0.4) is 0 Å². The van der Waals surface area contributed by atoms with Gasteiger partial charge in [0.15, 0.2) is 0 Å². The molecular weight excluding hydrogens is 280 g/mol. The maximum atomic E-state index is 12.7. The van der Waals surface area contributed by atoms with Crippen molar-refractivity contribution in [3.05, 3.63) is 41.5 Å². The average molecular weight is 300 g/mol. The Morgan fingerprint density at radius 2 is 2.23 bits per heavy atom. The second-order valence-electron chi connectivity index (χ2n) is 5.89. The molecule has 3 rings (SSSR count). The molecule has 0 spiro atoms. The van der Waals surface area contributed by atoms with Crippen molar-refractivity contribution in [1.29, 1.82) is 0 Å². The highest BCUT2D eigenvalue weighted by Gasteiger charge is 2.28. The van der Waals surface area contributed by atoms with E-state index in [1.54, 1.807) is 31.5 Å². The SMILES string of the molecule is Cc1cc(C(=O)N2CCCC(c3nncn3C)C2)ccc1O. The summed E-state index contributed by atoms with van der Waals surface area (Å²) in [5, 5.41) is 17.7. The Morgan fingerprint density at radius 1 is 1.41 bits per heavy atom. The number of likely N-dealkylation sites (tertiary alicyclic amines) is 1. The molecule has 6 nitrogen and oxygen atoms in total. The Hall–Kier alpha value is -2.37. The number of carbonyl (C=O) groups is 1. The maximum absolute atomic E-state index is 12.7. The summed E-state index contributed by atoms with van der Waals surface area (Å²) in [6, 6.07) is 4.99. The number of nitrogens with zero attached hydrogens (tertiary/aromatic N) is 4. The summed E-state index contributed by atoms with van der Waals surface area (Å²) in [6.07, 6.45) is 3.67. The summed E-state index contributed by atoms with van der Waals surface area (Å²) in [4.78, 5) is 14.5. The van der Waals surface area contributed by atoms with E-state index < -0.39 is 0 Å². The first kappa shape index (κ1) is 14.6. The van der Waals surface area contributed by atoms with Crippen LogP contribution in [0.2, 0.25) is 0 Å². The van der Waals surface area contributed by atoms with Gasteiger partial charge in [-0.15, -0.1) is 10.2 Å². The minimum absolute atomic E-state index is 0.00923. The van der Waals surface area contributed by atoms with Crippen LogP contribution >= 0.6 is 0 Å². The Labute approximate surface area is 129 Å². The average Bonchev–Trinajstić information content (AvgIpc) is 2.95. The van der Waals surface area contributed by atoms with Gasteiger partial charge >= 0.3 is 0 Å². The molecule has 1 aliphatic rings. The van der Waals surface area contributed by atoms with Crippen molar-refractivity contribution < 1.29 is 9.90 Å². The Bertz CT molecular complexity index is 695. The Morgan fingerprint density at radius 3 is 2.91 bits per heavy atom. The van der Waals surface area contributed by atoms with Gasteiger partial charge in [-0.2, -0.15) is 0 Å². The number of phenols is 1. The minimum Gasteiger partial charge on any atom is -0.508 e. The van der Waals surface area contributed by atoms with Crippen LogP contribution in [0.5, 0.6) is 5.75 Å². The third-order valence-corrected chi connectivity index (χ3v) is 4.26. The third kappa shape index (κ3) is 2.68. The molecule has 116 valence electrons. The van der Waals surface area contributed by atoms with Crippen molar-refractivity contribution in [3.63, 3.8) is 0 Å². The second-order valence-corrected chi connectivity index (χ2v) is 5.89. The number of phenolic OH excluding ortho intramolecular Hbond substituents is 1. The molecule has 22 heavy (non-hydrogen) atoms. The number of hydrogen-bond acceptors (Lipinski definition) is 4. The van der Waals surface area contributed by atoms with Gasteiger partial charge in [0.25, 0.3) is 5.91 Å². The molecule has 1 aliphatic heterocycles. The molecule has 2 aromatic rings. The van der Waals surface area contributed by atoms with E-state index in [1.807, 2.05) is 16.5 Å². The summed E-state index contributed by atoms with van der Waals surface area (Å²) >= 11 is 0. The van der Waals surface area contributed by atoms with E-state index in [4.69, 9.17) is 0 Å². The van der Waals surface area contributed by atoms with Crippen LogP contribution < -0.4 is 0 Å². The highest BCUT2D eigenvalue weighted by molar-refractivity contribution is 5.94. The number of carbonyl (C=O) groups excluding carboxylic acids is 1. The highest BCUT2D eigenvalue weighted by Crippen LogP contribution is 2.26. The van der Waals surface area contributed by atoms with Crippen molar-refractivity contribution >= 4 is 5.91 Å². The third-order valence-electron chi connectivity index (χ3n) is 4.26. The molecule has 1 N–H and O–H groups in total. The number of aryl methyl sites for hydroxylation is 2. The van der Waals surface area contributed by atoms with Crippen LogP contribution in [0, 0.1) is 6.92 Å². The molecule has 2 heterocycles. The zero-order valence-electron chi connectivity index (χ0n) is 12.9. The molecule has 1 aromatic carbocycles. The van der Waals surface area contributed by atoms with Crippen molar-refractivity contribution in [2.24, 2.45) is 7.05 Å². The summed E-state index contributed by atoms with van der Waals surface area (Å²) in [7, 11) is 1.93. The van der Waals surface area contributed by atoms with E-state index in [0.29, 0.717) is 17.7 Å². The quantitative estimate of drug-likeness (QED) is 0.919. The first-order valence-electron chi connectivity index (χ1n) is 7.49. The smallest absolute Gasteiger partial charge is 0.253 e. The molecule has 1 amide bonds. The van der Waals surface area contributed by atoms with Gasteiger partial charge in [-0.25, -0.2) is 0 Å². The van der Waals surface area contributed by atoms with Gasteiger partial charge in [0, 0.05) is 31.6 Å². The Balaban J connectivity index is 1.78. The molecule has 1 fully saturated rings. The number of amides is 1. The van der Waals surface area contributed by atoms with Crippen LogP contribution in [0.4, 0.5) is 0 Å². The topological polar surface area (TPSA) is 71.2 Å². The lowest BCUT2D eigenvalue weighted by molar-refractivity contribution is 0.0703. The molecule has 1 aromatic heterocycles. The summed E-state index contributed by atoms with van der Waals surface area (Å²) in [5.41, 5.74) is 1.33. The van der Waals surface area contributed by atoms with E-state index in [1.165, 1.54) is 0 Å². The molecular formula is C16H20N4O2. The first-order chi connectivity index (χ1) is 10.6. The van der Waals surface area contributed by atoms with Crippen molar-refractivity contribution in [3.8, 4) is 5.75 Å². The largest absolute Gasteiger partial charge is 0.508 e. The van der Waals surface area contributed by atoms with Gasteiger partial charge in [-0.1, -0.05) is 0 Å². The van der Waals surface area contributed by atoms with Crippen molar-refractivity contribution in [2.75, 3.05) is 13.1 Å². The summed E-state index contributed by atoms with van der Waals surface area (Å²) in [6.45, 7) is 3.21. The van der Waals surface area contributed by atoms with Gasteiger partial charge in [0.2, 0.25) is 0 Å². The van der Waals surface area contributed by atoms with Gasteiger partial charge in [-0.05, 0) is 43.5 Å². The van der Waals surface area contributed by atoms with Crippen LogP contribution in [-0.4, -0.2) is 43.8 Å². The van der Waals surface area contributed by atoms with Crippen LogP contribution in [0.15, 0.2) is 24.5 Å². The van der Waals surface area contributed by atoms with Crippen molar-refractivity contribution in [2.45, 2.75) is 25.7 Å². The molecule has 0 radical (unpaired) electrons. The summed E-state index contributed by atoms with van der Waals surface area (Å²) < 4.78 is 1.92. The van der Waals surface area contributed by atoms with Gasteiger partial charge in [0.1, 0.15) is 17.9 Å². The standard InChI is InChI=1S/C16H20N4O2/c1-11-8-12(5-6-14(11)21)16(22)20-7-3-4-13(9-20)15-18-17-10-19(15)2/h5-6,8,10,13,21H,3-4,7,9H2,1-2H3. The molecule has 1 saturated heterocycles. The molecule has 0 bridgehead atoms. The van der Waals surface area contributed by atoms with Crippen LogP contribution in [0.25, 0.3) is 0 Å². The molecule has 0 saturated carbocycles. The first-order valence-corrected chi connectivity index (χ1v) is 7.49. The predicted octanol–water partition coefficient (Wildman–Crippen LogP) is 1.85. The van der Waals surface area contributed by atoms with Gasteiger partial charge in [-0.3, -0.25) is 4.79 Å². The van der Waals surface area contributed by atoms with Gasteiger partial charge in [0.05, 0.1) is 0 Å². The van der Waals surface area contributed by atoms with E-state index in [2.05, 4.69) is 10.2 Å². The minimum atomic E-state index is 0.00923. The fourth-order valence-corrected chi connectivity index (χ4v) is 3.01. The summed E-state index contributed by atoms with van der Waals surface area (Å²) in [5.74, 6) is 1.38. The molecule has 6 heteroatoms. The lowest BCUT2D eigenvalue weighted by atomic mass is 9.96. The number of aromatic hydroxyl groups is 1. The number of rotatable bonds is 2. The van der Waals surface area contributed by atoms with E-state index in [-0.39, 0.29) is 17.6 Å². The van der Waals surface area contributed by atoms with E-state index >= 15 is 0 Å².